The Balaban J connectivity index is 1.59. The highest BCUT2D eigenvalue weighted by Crippen LogP contribution is 2.30. The standard InChI is InChI=1S/C19H24FN3O/c1-13(24)14-9-10-22(11-14)12-18-17-3-2-4-19(17)23(21-18)16-7-5-15(20)6-8-16/h5-8,13-14,24H,2-4,9-12H2,1H3. The van der Waals surface area contributed by atoms with Crippen LogP contribution < -0.4 is 0 Å². The molecule has 128 valence electrons. The molecule has 1 N–H and O–H groups in total. The first-order valence-corrected chi connectivity index (χ1v) is 8.88. The van der Waals surface area contributed by atoms with Crippen LogP contribution in [0.3, 0.4) is 0 Å². The molecule has 4 nitrogen and oxygen atoms in total. The average molecular weight is 329 g/mol. The number of aromatic nitrogens is 2. The van der Waals surface area contributed by atoms with Crippen molar-refractivity contribution in [3.8, 4) is 5.69 Å². The molecular formula is C19H24FN3O. The third-order valence-electron chi connectivity index (χ3n) is 5.45. The highest BCUT2D eigenvalue weighted by Gasteiger charge is 2.29. The van der Waals surface area contributed by atoms with Gasteiger partial charge < -0.3 is 5.11 Å². The van der Waals surface area contributed by atoms with E-state index >= 15 is 0 Å². The number of aliphatic hydroxyl groups excluding tert-OH is 1. The summed E-state index contributed by atoms with van der Waals surface area (Å²) in [5, 5.41) is 14.6. The molecule has 1 aromatic heterocycles. The summed E-state index contributed by atoms with van der Waals surface area (Å²) in [4.78, 5) is 2.40. The maximum absolute atomic E-state index is 13.2. The van der Waals surface area contributed by atoms with Crippen molar-refractivity contribution in [2.45, 2.75) is 45.3 Å². The monoisotopic (exact) mass is 329 g/mol. The molecule has 0 bridgehead atoms. The molecule has 1 aliphatic carbocycles. The van der Waals surface area contributed by atoms with E-state index in [0.29, 0.717) is 5.92 Å². The van der Waals surface area contributed by atoms with Crippen LogP contribution in [0, 0.1) is 11.7 Å². The minimum atomic E-state index is -0.238. The van der Waals surface area contributed by atoms with Crippen LogP contribution in [0.1, 0.15) is 36.7 Å². The van der Waals surface area contributed by atoms with Gasteiger partial charge in [-0.25, -0.2) is 9.07 Å². The third-order valence-corrected chi connectivity index (χ3v) is 5.45. The van der Waals surface area contributed by atoms with Gasteiger partial charge in [0.25, 0.3) is 0 Å². The molecule has 1 aromatic carbocycles. The predicted molar refractivity (Wildman–Crippen MR) is 90.6 cm³/mol. The van der Waals surface area contributed by atoms with Gasteiger partial charge in [-0.15, -0.1) is 0 Å². The Morgan fingerprint density at radius 2 is 2.08 bits per heavy atom. The molecule has 2 unspecified atom stereocenters. The molecule has 0 saturated carbocycles. The van der Waals surface area contributed by atoms with E-state index in [1.807, 2.05) is 11.6 Å². The number of fused-ring (bicyclic) bond motifs is 1. The smallest absolute Gasteiger partial charge is 0.123 e. The molecule has 2 aromatic rings. The van der Waals surface area contributed by atoms with Crippen LogP contribution in [0.4, 0.5) is 4.39 Å². The maximum atomic E-state index is 13.2. The zero-order valence-corrected chi connectivity index (χ0v) is 14.1. The fourth-order valence-electron chi connectivity index (χ4n) is 4.05. The topological polar surface area (TPSA) is 41.3 Å². The molecular weight excluding hydrogens is 305 g/mol. The Morgan fingerprint density at radius 3 is 2.79 bits per heavy atom. The molecule has 5 heteroatoms. The van der Waals surface area contributed by atoms with Crippen molar-refractivity contribution in [3.63, 3.8) is 0 Å². The minimum Gasteiger partial charge on any atom is -0.393 e. The van der Waals surface area contributed by atoms with Gasteiger partial charge in [-0.1, -0.05) is 0 Å². The van der Waals surface area contributed by atoms with E-state index in [4.69, 9.17) is 5.10 Å². The normalized spacial score (nSPS) is 22.0. The number of hydrogen-bond acceptors (Lipinski definition) is 3. The fraction of sp³-hybridized carbons (Fsp3) is 0.526. The van der Waals surface area contributed by atoms with Crippen LogP contribution >= 0.6 is 0 Å². The molecule has 1 aliphatic heterocycles. The second-order valence-electron chi connectivity index (χ2n) is 7.14. The second-order valence-corrected chi connectivity index (χ2v) is 7.14. The molecule has 0 amide bonds. The SMILES string of the molecule is CC(O)C1CCN(Cc2nn(-c3ccc(F)cc3)c3c2CCC3)C1. The first kappa shape index (κ1) is 15.8. The van der Waals surface area contributed by atoms with Crippen LogP contribution in [0.25, 0.3) is 5.69 Å². The highest BCUT2D eigenvalue weighted by molar-refractivity contribution is 5.40. The lowest BCUT2D eigenvalue weighted by atomic mass is 10.0. The number of benzene rings is 1. The largest absolute Gasteiger partial charge is 0.393 e. The van der Waals surface area contributed by atoms with Crippen molar-refractivity contribution in [1.82, 2.24) is 14.7 Å². The van der Waals surface area contributed by atoms with Crippen molar-refractivity contribution in [2.24, 2.45) is 5.92 Å². The Hall–Kier alpha value is -1.72. The van der Waals surface area contributed by atoms with E-state index in [1.54, 1.807) is 12.1 Å². The summed E-state index contributed by atoms with van der Waals surface area (Å²) in [6.07, 6.45) is 4.10. The lowest BCUT2D eigenvalue weighted by Crippen LogP contribution is -2.24. The number of nitrogens with zero attached hydrogens (tertiary/aromatic N) is 3. The van der Waals surface area contributed by atoms with Gasteiger partial charge in [0.15, 0.2) is 0 Å². The van der Waals surface area contributed by atoms with Crippen LogP contribution in [-0.4, -0.2) is 39.0 Å². The summed E-state index contributed by atoms with van der Waals surface area (Å²) >= 11 is 0. The van der Waals surface area contributed by atoms with E-state index in [-0.39, 0.29) is 11.9 Å². The van der Waals surface area contributed by atoms with Gasteiger partial charge in [-0.3, -0.25) is 4.90 Å². The van der Waals surface area contributed by atoms with E-state index in [2.05, 4.69) is 4.90 Å². The van der Waals surface area contributed by atoms with Crippen LogP contribution in [0.2, 0.25) is 0 Å². The van der Waals surface area contributed by atoms with E-state index in [0.717, 1.165) is 56.7 Å². The van der Waals surface area contributed by atoms with Gasteiger partial charge in [0.2, 0.25) is 0 Å². The molecule has 1 saturated heterocycles. The Morgan fingerprint density at radius 1 is 1.29 bits per heavy atom. The third kappa shape index (κ3) is 2.87. The molecule has 24 heavy (non-hydrogen) atoms. The van der Waals surface area contributed by atoms with E-state index < -0.39 is 0 Å². The van der Waals surface area contributed by atoms with E-state index in [1.165, 1.54) is 23.4 Å². The lowest BCUT2D eigenvalue weighted by molar-refractivity contribution is 0.127. The van der Waals surface area contributed by atoms with Gasteiger partial charge in [0, 0.05) is 18.8 Å². The van der Waals surface area contributed by atoms with Crippen molar-refractivity contribution >= 4 is 0 Å². The van der Waals surface area contributed by atoms with Crippen molar-refractivity contribution in [1.29, 1.82) is 0 Å². The molecule has 0 spiro atoms. The molecule has 2 atom stereocenters. The van der Waals surface area contributed by atoms with Crippen LogP contribution in [0.5, 0.6) is 0 Å². The lowest BCUT2D eigenvalue weighted by Gasteiger charge is -2.16. The second kappa shape index (κ2) is 6.30. The number of rotatable bonds is 4. The van der Waals surface area contributed by atoms with Crippen molar-refractivity contribution < 1.29 is 9.50 Å². The average Bonchev–Trinajstić information content (AvgIpc) is 3.26. The van der Waals surface area contributed by atoms with Crippen molar-refractivity contribution in [2.75, 3.05) is 13.1 Å². The molecule has 4 rings (SSSR count). The molecule has 2 aliphatic rings. The van der Waals surface area contributed by atoms with Crippen LogP contribution in [-0.2, 0) is 19.4 Å². The number of halogens is 1. The zero-order valence-electron chi connectivity index (χ0n) is 14.1. The van der Waals surface area contributed by atoms with Crippen molar-refractivity contribution in [3.05, 3.63) is 47.0 Å². The van der Waals surface area contributed by atoms with Gasteiger partial charge in [0.05, 0.1) is 17.5 Å². The molecule has 1 fully saturated rings. The van der Waals surface area contributed by atoms with Gasteiger partial charge in [-0.2, -0.15) is 5.10 Å². The maximum Gasteiger partial charge on any atom is 0.123 e. The fourth-order valence-corrected chi connectivity index (χ4v) is 4.05. The number of aliphatic hydroxyl groups is 1. The molecule has 2 heterocycles. The minimum absolute atomic E-state index is 0.219. The Labute approximate surface area is 141 Å². The van der Waals surface area contributed by atoms with Crippen LogP contribution in [0.15, 0.2) is 24.3 Å². The first-order chi connectivity index (χ1) is 11.6. The van der Waals surface area contributed by atoms with E-state index in [9.17, 15) is 9.50 Å². The quantitative estimate of drug-likeness (QED) is 0.938. The summed E-state index contributed by atoms with van der Waals surface area (Å²) in [6, 6.07) is 6.57. The first-order valence-electron chi connectivity index (χ1n) is 8.88. The zero-order chi connectivity index (χ0) is 16.7. The summed E-state index contributed by atoms with van der Waals surface area (Å²) < 4.78 is 15.2. The van der Waals surface area contributed by atoms with Gasteiger partial charge in [-0.05, 0) is 74.9 Å². The Bertz CT molecular complexity index is 723. The number of likely N-dealkylation sites (tertiary alicyclic amines) is 1. The van der Waals surface area contributed by atoms with Gasteiger partial charge in [0.1, 0.15) is 5.82 Å². The predicted octanol–water partition coefficient (Wildman–Crippen LogP) is 2.70. The summed E-state index contributed by atoms with van der Waals surface area (Å²) in [5.41, 5.74) is 4.74. The summed E-state index contributed by atoms with van der Waals surface area (Å²) in [7, 11) is 0. The number of hydrogen-bond donors (Lipinski definition) is 1. The molecule has 0 radical (unpaired) electrons. The Kier molecular flexibility index (Phi) is 4.14. The summed E-state index contributed by atoms with van der Waals surface area (Å²) in [5.74, 6) is 0.154. The highest BCUT2D eigenvalue weighted by atomic mass is 19.1. The van der Waals surface area contributed by atoms with Gasteiger partial charge >= 0.3 is 0 Å². The summed E-state index contributed by atoms with van der Waals surface area (Å²) in [6.45, 7) is 4.69.